The maximum Gasteiger partial charge on any atom is 0.246 e. The first kappa shape index (κ1) is 25.5. The zero-order valence-electron chi connectivity index (χ0n) is 21.6. The van der Waals surface area contributed by atoms with Crippen molar-refractivity contribution in [1.82, 2.24) is 24.3 Å². The van der Waals surface area contributed by atoms with Gasteiger partial charge in [-0.05, 0) is 25.0 Å². The number of benzene rings is 1. The van der Waals surface area contributed by atoms with Crippen molar-refractivity contribution in [3.05, 3.63) is 54.0 Å². The number of carbonyl (C=O) groups excluding carboxylic acids is 1. The number of nitrogens with zero attached hydrogens (tertiary/aromatic N) is 5. The van der Waals surface area contributed by atoms with Gasteiger partial charge in [-0.2, -0.15) is 0 Å². The summed E-state index contributed by atoms with van der Waals surface area (Å²) in [6.45, 7) is 2.94. The Morgan fingerprint density at radius 2 is 1.92 bits per heavy atom. The largest absolute Gasteiger partial charge is 0.497 e. The van der Waals surface area contributed by atoms with Crippen molar-refractivity contribution in [2.24, 2.45) is 0 Å². The van der Waals surface area contributed by atoms with Gasteiger partial charge < -0.3 is 24.7 Å². The van der Waals surface area contributed by atoms with Crippen LogP contribution in [0.15, 0.2) is 42.9 Å². The Labute approximate surface area is 221 Å². The molecule has 0 aliphatic carbocycles. The highest BCUT2D eigenvalue weighted by Gasteiger charge is 2.28. The van der Waals surface area contributed by atoms with Crippen molar-refractivity contribution in [2.45, 2.75) is 25.1 Å². The molecular weight excluding hydrogens is 487 g/mol. The highest BCUT2D eigenvalue weighted by Crippen LogP contribution is 2.31. The number of anilines is 1. The van der Waals surface area contributed by atoms with Gasteiger partial charge in [0.1, 0.15) is 35.5 Å². The van der Waals surface area contributed by atoms with Crippen LogP contribution in [0.3, 0.4) is 0 Å². The first-order valence-electron chi connectivity index (χ1n) is 12.6. The van der Waals surface area contributed by atoms with Crippen molar-refractivity contribution in [1.29, 1.82) is 0 Å². The average molecular weight is 519 g/mol. The third kappa shape index (κ3) is 5.43. The minimum Gasteiger partial charge on any atom is -0.497 e. The Kier molecular flexibility index (Phi) is 7.47. The van der Waals surface area contributed by atoms with E-state index in [1.54, 1.807) is 26.4 Å². The van der Waals surface area contributed by atoms with Crippen LogP contribution in [0, 0.1) is 11.8 Å². The molecule has 2 fully saturated rings. The number of fused-ring (bicyclic) bond motifs is 1. The summed E-state index contributed by atoms with van der Waals surface area (Å²) in [5.41, 5.74) is 8.38. The Bertz CT molecular complexity index is 1400. The molecule has 0 spiro atoms. The van der Waals surface area contributed by atoms with Crippen molar-refractivity contribution < 1.29 is 18.7 Å². The summed E-state index contributed by atoms with van der Waals surface area (Å²) >= 11 is 0. The SMILES string of the molecule is COc1cc(C#Cc2cn(C3CCN(C(=O)/C=C/CN4CCC(F)C4)C3)c3ncnc(N)c23)cc(OC)c1. The van der Waals surface area contributed by atoms with E-state index in [0.29, 0.717) is 66.5 Å². The minimum absolute atomic E-state index is 0.0301. The predicted molar refractivity (Wildman–Crippen MR) is 143 cm³/mol. The van der Waals surface area contributed by atoms with Gasteiger partial charge >= 0.3 is 0 Å². The topological polar surface area (TPSA) is 98.7 Å². The van der Waals surface area contributed by atoms with Crippen LogP contribution < -0.4 is 15.2 Å². The van der Waals surface area contributed by atoms with Gasteiger partial charge in [-0.25, -0.2) is 14.4 Å². The molecule has 2 aromatic heterocycles. The van der Waals surface area contributed by atoms with Gasteiger partial charge in [0.2, 0.25) is 5.91 Å². The molecule has 4 heterocycles. The second-order valence-corrected chi connectivity index (χ2v) is 9.53. The molecule has 2 N–H and O–H groups in total. The Morgan fingerprint density at radius 1 is 1.13 bits per heavy atom. The lowest BCUT2D eigenvalue weighted by molar-refractivity contribution is -0.125. The van der Waals surface area contributed by atoms with Gasteiger partial charge in [0.05, 0.1) is 31.2 Å². The number of alkyl halides is 1. The van der Waals surface area contributed by atoms with E-state index in [1.165, 1.54) is 6.33 Å². The van der Waals surface area contributed by atoms with Crippen molar-refractivity contribution in [2.75, 3.05) is 52.7 Å². The molecular formula is C28H31FN6O3. The maximum atomic E-state index is 13.4. The number of nitrogens with two attached hydrogens (primary N) is 1. The molecule has 198 valence electrons. The molecule has 0 bridgehead atoms. The normalized spacial score (nSPS) is 19.7. The van der Waals surface area contributed by atoms with Crippen LogP contribution in [0.25, 0.3) is 11.0 Å². The summed E-state index contributed by atoms with van der Waals surface area (Å²) in [4.78, 5) is 25.3. The number of rotatable bonds is 6. The third-order valence-electron chi connectivity index (χ3n) is 7.04. The molecule has 2 unspecified atom stereocenters. The van der Waals surface area contributed by atoms with Crippen LogP contribution >= 0.6 is 0 Å². The van der Waals surface area contributed by atoms with Crippen LogP contribution in [0.5, 0.6) is 11.5 Å². The van der Waals surface area contributed by atoms with Crippen LogP contribution in [0.1, 0.15) is 30.0 Å². The Hall–Kier alpha value is -4.10. The van der Waals surface area contributed by atoms with E-state index in [2.05, 4.69) is 21.8 Å². The summed E-state index contributed by atoms with van der Waals surface area (Å²) in [7, 11) is 3.19. The van der Waals surface area contributed by atoms with Gasteiger partial charge in [-0.15, -0.1) is 0 Å². The quantitative estimate of drug-likeness (QED) is 0.396. The second kappa shape index (κ2) is 11.1. The van der Waals surface area contributed by atoms with Crippen LogP contribution in [-0.4, -0.2) is 83.4 Å². The molecule has 2 aliphatic heterocycles. The summed E-state index contributed by atoms with van der Waals surface area (Å²) in [5, 5.41) is 0.691. The number of hydrogen-bond donors (Lipinski definition) is 1. The van der Waals surface area contributed by atoms with Gasteiger partial charge in [-0.1, -0.05) is 17.9 Å². The number of amides is 1. The molecule has 0 radical (unpaired) electrons. The monoisotopic (exact) mass is 518 g/mol. The maximum absolute atomic E-state index is 13.4. The molecule has 0 saturated carbocycles. The molecule has 1 aromatic carbocycles. The van der Waals surface area contributed by atoms with Gasteiger partial charge in [0.25, 0.3) is 0 Å². The third-order valence-corrected chi connectivity index (χ3v) is 7.04. The minimum atomic E-state index is -0.763. The lowest BCUT2D eigenvalue weighted by Gasteiger charge is -2.16. The number of ether oxygens (including phenoxy) is 2. The van der Waals surface area contributed by atoms with Crippen molar-refractivity contribution >= 4 is 22.8 Å². The average Bonchev–Trinajstić information content (AvgIpc) is 3.66. The fourth-order valence-corrected chi connectivity index (χ4v) is 5.03. The number of likely N-dealkylation sites (tertiary alicyclic amines) is 2. The number of nitrogen functional groups attached to an aromatic ring is 1. The zero-order chi connectivity index (χ0) is 26.6. The highest BCUT2D eigenvalue weighted by atomic mass is 19.1. The predicted octanol–water partition coefficient (Wildman–Crippen LogP) is 2.80. The fourth-order valence-electron chi connectivity index (χ4n) is 5.03. The smallest absolute Gasteiger partial charge is 0.246 e. The van der Waals surface area contributed by atoms with Crippen molar-refractivity contribution in [3.8, 4) is 23.3 Å². The van der Waals surface area contributed by atoms with E-state index in [9.17, 15) is 9.18 Å². The standard InChI is InChI=1S/C28H31FN6O3/c1-37-23-12-19(13-24(14-23)38-2)5-6-20-15-35(28-26(20)27(30)31-18-32-28)22-8-11-34(17-22)25(36)4-3-9-33-10-7-21(29)16-33/h3-4,12-15,18,21-22H,7-11,16-17H2,1-2H3,(H2,30,31,32)/b4-3+. The van der Waals surface area contributed by atoms with E-state index < -0.39 is 6.17 Å². The van der Waals surface area contributed by atoms with Crippen molar-refractivity contribution in [3.63, 3.8) is 0 Å². The summed E-state index contributed by atoms with van der Waals surface area (Å²) in [6.07, 6.45) is 7.39. The molecule has 38 heavy (non-hydrogen) atoms. The number of carbonyl (C=O) groups is 1. The van der Waals surface area contributed by atoms with E-state index in [4.69, 9.17) is 15.2 Å². The molecule has 3 aromatic rings. The first-order valence-corrected chi connectivity index (χ1v) is 12.6. The van der Waals surface area contributed by atoms with Gasteiger partial charge in [0.15, 0.2) is 0 Å². The van der Waals surface area contributed by atoms with Crippen LogP contribution in [0.2, 0.25) is 0 Å². The number of hydrogen-bond acceptors (Lipinski definition) is 7. The molecule has 2 atom stereocenters. The first-order chi connectivity index (χ1) is 18.4. The summed E-state index contributed by atoms with van der Waals surface area (Å²) in [5.74, 6) is 8.00. The van der Waals surface area contributed by atoms with E-state index >= 15 is 0 Å². The fraction of sp³-hybridized carbons (Fsp3) is 0.393. The van der Waals surface area contributed by atoms with Crippen LogP contribution in [0.4, 0.5) is 10.2 Å². The number of methoxy groups -OCH3 is 2. The summed E-state index contributed by atoms with van der Waals surface area (Å²) in [6, 6.07) is 5.49. The number of halogens is 1. The van der Waals surface area contributed by atoms with Gasteiger partial charge in [-0.3, -0.25) is 9.69 Å². The highest BCUT2D eigenvalue weighted by molar-refractivity contribution is 5.92. The van der Waals surface area contributed by atoms with E-state index in [-0.39, 0.29) is 11.9 Å². The molecule has 5 rings (SSSR count). The van der Waals surface area contributed by atoms with Crippen LogP contribution in [-0.2, 0) is 4.79 Å². The Balaban J connectivity index is 1.35. The number of aromatic nitrogens is 3. The lowest BCUT2D eigenvalue weighted by atomic mass is 10.1. The van der Waals surface area contributed by atoms with E-state index in [0.717, 1.165) is 18.5 Å². The van der Waals surface area contributed by atoms with Gasteiger partial charge in [0, 0.05) is 56.6 Å². The molecule has 1 amide bonds. The molecule has 10 heteroatoms. The zero-order valence-corrected chi connectivity index (χ0v) is 21.6. The Morgan fingerprint density at radius 3 is 2.63 bits per heavy atom. The van der Waals surface area contributed by atoms with E-state index in [1.807, 2.05) is 38.8 Å². The second-order valence-electron chi connectivity index (χ2n) is 9.53. The lowest BCUT2D eigenvalue weighted by Crippen LogP contribution is -2.28. The molecule has 9 nitrogen and oxygen atoms in total. The molecule has 2 saturated heterocycles. The molecule has 2 aliphatic rings. The summed E-state index contributed by atoms with van der Waals surface area (Å²) < 4.78 is 26.1.